The summed E-state index contributed by atoms with van der Waals surface area (Å²) in [6.07, 6.45) is 3.48. The van der Waals surface area contributed by atoms with Crippen LogP contribution < -0.4 is 4.74 Å². The maximum atomic E-state index is 12.4. The maximum absolute atomic E-state index is 12.4. The lowest BCUT2D eigenvalue weighted by molar-refractivity contribution is 0.0448. The fraction of sp³-hybridized carbons (Fsp3) is 0.200. The minimum Gasteiger partial charge on any atom is -0.490 e. The van der Waals surface area contributed by atoms with Gasteiger partial charge in [0.15, 0.2) is 0 Å². The Bertz CT molecular complexity index is 949. The number of esters is 1. The first kappa shape index (κ1) is 17.4. The molecule has 0 aliphatic carbocycles. The third-order valence-electron chi connectivity index (χ3n) is 3.89. The van der Waals surface area contributed by atoms with Crippen LogP contribution in [-0.4, -0.2) is 23.8 Å². The van der Waals surface area contributed by atoms with Crippen molar-refractivity contribution in [3.05, 3.63) is 71.2 Å². The van der Waals surface area contributed by atoms with E-state index in [-0.39, 0.29) is 24.3 Å². The van der Waals surface area contributed by atoms with Gasteiger partial charge in [-0.1, -0.05) is 18.2 Å². The van der Waals surface area contributed by atoms with Crippen LogP contribution in [0.4, 0.5) is 0 Å². The Morgan fingerprint density at radius 1 is 1.15 bits per heavy atom. The summed E-state index contributed by atoms with van der Waals surface area (Å²) in [6, 6.07) is 13.2. The van der Waals surface area contributed by atoms with Crippen molar-refractivity contribution in [2.45, 2.75) is 13.8 Å². The number of nitriles is 1. The van der Waals surface area contributed by atoms with Crippen molar-refractivity contribution in [2.24, 2.45) is 0 Å². The van der Waals surface area contributed by atoms with E-state index in [1.54, 1.807) is 36.0 Å². The molecule has 0 radical (unpaired) electrons. The lowest BCUT2D eigenvalue weighted by atomic mass is 10.1. The van der Waals surface area contributed by atoms with Crippen molar-refractivity contribution in [3.63, 3.8) is 0 Å². The predicted molar refractivity (Wildman–Crippen MR) is 94.4 cm³/mol. The van der Waals surface area contributed by atoms with Crippen LogP contribution in [0.25, 0.3) is 5.88 Å². The van der Waals surface area contributed by atoms with Gasteiger partial charge in [0, 0.05) is 12.4 Å². The predicted octanol–water partition coefficient (Wildman–Crippen LogP) is 3.79. The molecule has 0 atom stereocenters. The van der Waals surface area contributed by atoms with Crippen molar-refractivity contribution in [2.75, 3.05) is 13.2 Å². The molecule has 0 aliphatic rings. The van der Waals surface area contributed by atoms with Gasteiger partial charge in [0.1, 0.15) is 41.9 Å². The first-order valence-electron chi connectivity index (χ1n) is 8.14. The molecule has 0 unspecified atom stereocenters. The quantitative estimate of drug-likeness (QED) is 0.499. The molecule has 2 heterocycles. The van der Waals surface area contributed by atoms with Crippen LogP contribution in [-0.2, 0) is 4.74 Å². The van der Waals surface area contributed by atoms with E-state index in [4.69, 9.17) is 13.9 Å². The zero-order valence-electron chi connectivity index (χ0n) is 14.6. The number of carbonyl (C=O) groups is 1. The normalized spacial score (nSPS) is 10.3. The van der Waals surface area contributed by atoms with Crippen molar-refractivity contribution in [3.8, 4) is 17.7 Å². The van der Waals surface area contributed by atoms with Gasteiger partial charge in [-0.15, -0.1) is 0 Å². The van der Waals surface area contributed by atoms with E-state index in [0.29, 0.717) is 11.6 Å². The molecule has 0 aliphatic heterocycles. The van der Waals surface area contributed by atoms with E-state index >= 15 is 0 Å². The average Bonchev–Trinajstić information content (AvgIpc) is 3.27. The molecule has 0 saturated heterocycles. The molecule has 3 aromatic rings. The zero-order chi connectivity index (χ0) is 18.5. The van der Waals surface area contributed by atoms with Gasteiger partial charge in [-0.2, -0.15) is 5.26 Å². The number of rotatable bonds is 6. The average molecular weight is 350 g/mol. The number of para-hydroxylation sites is 1. The molecule has 3 rings (SSSR count). The molecule has 132 valence electrons. The van der Waals surface area contributed by atoms with Gasteiger partial charge in [-0.3, -0.25) is 4.57 Å². The Kier molecular flexibility index (Phi) is 5.09. The standard InChI is InChI=1S/C20H18N2O4/c1-14-7-3-4-8-17(14)24-11-12-25-20(23)18-15(2)26-19(16(18)13-21)22-9-5-6-10-22/h3-10H,11-12H2,1-2H3. The summed E-state index contributed by atoms with van der Waals surface area (Å²) in [5.41, 5.74) is 1.31. The van der Waals surface area contributed by atoms with Gasteiger partial charge in [-0.25, -0.2) is 4.79 Å². The lowest BCUT2D eigenvalue weighted by Gasteiger charge is -2.09. The summed E-state index contributed by atoms with van der Waals surface area (Å²) >= 11 is 0. The highest BCUT2D eigenvalue weighted by Gasteiger charge is 2.25. The second-order valence-corrected chi connectivity index (χ2v) is 5.67. The molecule has 6 nitrogen and oxygen atoms in total. The zero-order valence-corrected chi connectivity index (χ0v) is 14.6. The van der Waals surface area contributed by atoms with Crippen LogP contribution in [0.2, 0.25) is 0 Å². The third kappa shape index (κ3) is 3.47. The first-order valence-corrected chi connectivity index (χ1v) is 8.14. The van der Waals surface area contributed by atoms with Gasteiger partial charge in [-0.05, 0) is 37.6 Å². The van der Waals surface area contributed by atoms with E-state index in [0.717, 1.165) is 11.3 Å². The van der Waals surface area contributed by atoms with E-state index in [9.17, 15) is 10.1 Å². The molecule has 0 spiro atoms. The van der Waals surface area contributed by atoms with Gasteiger partial charge in [0.25, 0.3) is 0 Å². The molecule has 0 N–H and O–H groups in total. The van der Waals surface area contributed by atoms with Crippen LogP contribution in [0.3, 0.4) is 0 Å². The maximum Gasteiger partial charge on any atom is 0.343 e. The summed E-state index contributed by atoms with van der Waals surface area (Å²) in [5, 5.41) is 9.46. The van der Waals surface area contributed by atoms with Crippen molar-refractivity contribution < 1.29 is 18.7 Å². The van der Waals surface area contributed by atoms with Crippen LogP contribution in [0.5, 0.6) is 5.75 Å². The first-order chi connectivity index (χ1) is 12.6. The summed E-state index contributed by atoms with van der Waals surface area (Å²) in [6.45, 7) is 3.87. The molecule has 0 fully saturated rings. The van der Waals surface area contributed by atoms with Crippen molar-refractivity contribution >= 4 is 5.97 Å². The summed E-state index contributed by atoms with van der Waals surface area (Å²) in [5.74, 6) is 0.790. The van der Waals surface area contributed by atoms with Gasteiger partial charge < -0.3 is 13.9 Å². The summed E-state index contributed by atoms with van der Waals surface area (Å²) in [7, 11) is 0. The SMILES string of the molecule is Cc1ccccc1OCCOC(=O)c1c(C)oc(-n2cccc2)c1C#N. The molecule has 0 amide bonds. The smallest absolute Gasteiger partial charge is 0.343 e. The van der Waals surface area contributed by atoms with Crippen LogP contribution >= 0.6 is 0 Å². The Hall–Kier alpha value is -3.46. The monoisotopic (exact) mass is 350 g/mol. The number of aryl methyl sites for hydroxylation is 2. The molecule has 1 aromatic carbocycles. The molecular formula is C20H18N2O4. The molecule has 0 bridgehead atoms. The van der Waals surface area contributed by atoms with Crippen molar-refractivity contribution in [1.29, 1.82) is 5.26 Å². The second-order valence-electron chi connectivity index (χ2n) is 5.67. The molecule has 26 heavy (non-hydrogen) atoms. The third-order valence-corrected chi connectivity index (χ3v) is 3.89. The van der Waals surface area contributed by atoms with Crippen LogP contribution in [0, 0.1) is 25.2 Å². The number of benzene rings is 1. The highest BCUT2D eigenvalue weighted by Crippen LogP contribution is 2.26. The fourth-order valence-electron chi connectivity index (χ4n) is 2.61. The Morgan fingerprint density at radius 3 is 2.58 bits per heavy atom. The Balaban J connectivity index is 1.67. The number of hydrogen-bond acceptors (Lipinski definition) is 5. The second kappa shape index (κ2) is 7.62. The molecular weight excluding hydrogens is 332 g/mol. The summed E-state index contributed by atoms with van der Waals surface area (Å²) < 4.78 is 18.1. The Labute approximate surface area is 151 Å². The number of ether oxygens (including phenoxy) is 2. The van der Waals surface area contributed by atoms with Gasteiger partial charge in [0.05, 0.1) is 0 Å². The van der Waals surface area contributed by atoms with Gasteiger partial charge >= 0.3 is 5.97 Å². The van der Waals surface area contributed by atoms with E-state index in [1.165, 1.54) is 0 Å². The summed E-state index contributed by atoms with van der Waals surface area (Å²) in [4.78, 5) is 12.4. The van der Waals surface area contributed by atoms with Gasteiger partial charge in [0.2, 0.25) is 5.88 Å². The number of aromatic nitrogens is 1. The topological polar surface area (TPSA) is 77.4 Å². The molecule has 2 aromatic heterocycles. The highest BCUT2D eigenvalue weighted by molar-refractivity contribution is 5.94. The highest BCUT2D eigenvalue weighted by atomic mass is 16.6. The van der Waals surface area contributed by atoms with E-state index in [2.05, 4.69) is 0 Å². The van der Waals surface area contributed by atoms with Crippen LogP contribution in [0.1, 0.15) is 27.2 Å². The van der Waals surface area contributed by atoms with Crippen LogP contribution in [0.15, 0.2) is 53.2 Å². The minimum absolute atomic E-state index is 0.0709. The van der Waals surface area contributed by atoms with E-state index in [1.807, 2.05) is 37.3 Å². The fourth-order valence-corrected chi connectivity index (χ4v) is 2.61. The minimum atomic E-state index is -0.602. The van der Waals surface area contributed by atoms with E-state index < -0.39 is 5.97 Å². The largest absolute Gasteiger partial charge is 0.490 e. The molecule has 0 saturated carbocycles. The number of furan rings is 1. The van der Waals surface area contributed by atoms with Crippen molar-refractivity contribution in [1.82, 2.24) is 4.57 Å². The number of nitrogens with zero attached hydrogens (tertiary/aromatic N) is 2. The lowest BCUT2D eigenvalue weighted by Crippen LogP contribution is -2.14. The number of hydrogen-bond donors (Lipinski definition) is 0. The number of carbonyl (C=O) groups excluding carboxylic acids is 1. The Morgan fingerprint density at radius 2 is 1.88 bits per heavy atom. The molecule has 6 heteroatoms.